The van der Waals surface area contributed by atoms with E-state index < -0.39 is 0 Å². The molecule has 84 valence electrons. The maximum Gasteiger partial charge on any atom is 0.231 e. The first-order valence-electron chi connectivity index (χ1n) is 4.69. The molecule has 5 nitrogen and oxygen atoms in total. The van der Waals surface area contributed by atoms with Gasteiger partial charge < -0.3 is 4.74 Å². The Morgan fingerprint density at radius 2 is 2.31 bits per heavy atom. The number of imidazole rings is 1. The van der Waals surface area contributed by atoms with E-state index in [0.29, 0.717) is 22.4 Å². The van der Waals surface area contributed by atoms with Crippen molar-refractivity contribution in [1.29, 1.82) is 0 Å². The molecule has 2 aromatic heterocycles. The Labute approximate surface area is 97.0 Å². The molecule has 16 heavy (non-hydrogen) atoms. The van der Waals surface area contributed by atoms with Gasteiger partial charge in [0.25, 0.3) is 0 Å². The number of fused-ring (bicyclic) bond motifs is 1. The van der Waals surface area contributed by atoms with E-state index in [2.05, 4.69) is 10.1 Å². The second kappa shape index (κ2) is 4.09. The molecule has 0 fully saturated rings. The zero-order chi connectivity index (χ0) is 11.7. The van der Waals surface area contributed by atoms with Crippen LogP contribution in [0.3, 0.4) is 0 Å². The Morgan fingerprint density at radius 3 is 2.94 bits per heavy atom. The van der Waals surface area contributed by atoms with Crippen LogP contribution in [0.25, 0.3) is 5.65 Å². The van der Waals surface area contributed by atoms with Crippen LogP contribution < -0.4 is 4.74 Å². The highest BCUT2D eigenvalue weighted by molar-refractivity contribution is 6.30. The SMILES string of the molecule is COc1ccc2nc(CC(C)=O)c(Cl)n2n1. The van der Waals surface area contributed by atoms with Gasteiger partial charge in [0, 0.05) is 6.07 Å². The van der Waals surface area contributed by atoms with Crippen LogP contribution in [-0.4, -0.2) is 27.5 Å². The van der Waals surface area contributed by atoms with Crippen molar-refractivity contribution in [3.05, 3.63) is 23.0 Å². The number of carbonyl (C=O) groups is 1. The molecule has 0 saturated heterocycles. The molecule has 0 N–H and O–H groups in total. The number of carbonyl (C=O) groups excluding carboxylic acids is 1. The van der Waals surface area contributed by atoms with Crippen molar-refractivity contribution in [3.8, 4) is 5.88 Å². The predicted octanol–water partition coefficient (Wildman–Crippen LogP) is 1.52. The zero-order valence-electron chi connectivity index (χ0n) is 8.90. The molecule has 0 aliphatic heterocycles. The molecule has 0 radical (unpaired) electrons. The summed E-state index contributed by atoms with van der Waals surface area (Å²) in [7, 11) is 1.52. The minimum atomic E-state index is 0.0114. The van der Waals surface area contributed by atoms with Crippen molar-refractivity contribution in [2.45, 2.75) is 13.3 Å². The van der Waals surface area contributed by atoms with Crippen LogP contribution in [0, 0.1) is 0 Å². The lowest BCUT2D eigenvalue weighted by molar-refractivity contribution is -0.116. The lowest BCUT2D eigenvalue weighted by Gasteiger charge is -1.98. The second-order valence-electron chi connectivity index (χ2n) is 3.37. The van der Waals surface area contributed by atoms with Crippen LogP contribution in [0.5, 0.6) is 5.88 Å². The van der Waals surface area contributed by atoms with Gasteiger partial charge in [-0.05, 0) is 13.0 Å². The molecule has 0 aromatic carbocycles. The molecule has 0 bridgehead atoms. The molecule has 0 aliphatic rings. The van der Waals surface area contributed by atoms with Crippen molar-refractivity contribution < 1.29 is 9.53 Å². The molecule has 0 unspecified atom stereocenters. The number of methoxy groups -OCH3 is 1. The third-order valence-corrected chi connectivity index (χ3v) is 2.47. The topological polar surface area (TPSA) is 56.5 Å². The van der Waals surface area contributed by atoms with Crippen molar-refractivity contribution in [3.63, 3.8) is 0 Å². The Morgan fingerprint density at radius 1 is 1.56 bits per heavy atom. The van der Waals surface area contributed by atoms with Gasteiger partial charge in [-0.1, -0.05) is 11.6 Å². The van der Waals surface area contributed by atoms with Crippen LogP contribution in [0.4, 0.5) is 0 Å². The molecule has 2 aromatic rings. The maximum absolute atomic E-state index is 11.0. The Hall–Kier alpha value is -1.62. The monoisotopic (exact) mass is 239 g/mol. The van der Waals surface area contributed by atoms with Gasteiger partial charge in [0.2, 0.25) is 5.88 Å². The molecular weight excluding hydrogens is 230 g/mol. The van der Waals surface area contributed by atoms with Gasteiger partial charge in [-0.2, -0.15) is 4.52 Å². The third-order valence-electron chi connectivity index (χ3n) is 2.09. The van der Waals surface area contributed by atoms with E-state index in [1.54, 1.807) is 12.1 Å². The Kier molecular flexibility index (Phi) is 2.78. The van der Waals surface area contributed by atoms with Gasteiger partial charge >= 0.3 is 0 Å². The fourth-order valence-electron chi connectivity index (χ4n) is 1.39. The van der Waals surface area contributed by atoms with Crippen molar-refractivity contribution in [1.82, 2.24) is 14.6 Å². The summed E-state index contributed by atoms with van der Waals surface area (Å²) in [6, 6.07) is 3.43. The summed E-state index contributed by atoms with van der Waals surface area (Å²) in [5, 5.41) is 4.46. The first-order chi connectivity index (χ1) is 7.61. The van der Waals surface area contributed by atoms with Crippen molar-refractivity contribution in [2.24, 2.45) is 0 Å². The van der Waals surface area contributed by atoms with E-state index in [4.69, 9.17) is 16.3 Å². The normalized spacial score (nSPS) is 10.7. The summed E-state index contributed by atoms with van der Waals surface area (Å²) < 4.78 is 6.44. The molecule has 0 atom stereocenters. The van der Waals surface area contributed by atoms with Crippen LogP contribution in [0.15, 0.2) is 12.1 Å². The van der Waals surface area contributed by atoms with Gasteiger partial charge in [-0.25, -0.2) is 4.98 Å². The highest BCUT2D eigenvalue weighted by Gasteiger charge is 2.13. The molecule has 0 aliphatic carbocycles. The van der Waals surface area contributed by atoms with Gasteiger partial charge in [-0.3, -0.25) is 4.79 Å². The fraction of sp³-hybridized carbons (Fsp3) is 0.300. The van der Waals surface area contributed by atoms with Gasteiger partial charge in [-0.15, -0.1) is 5.10 Å². The molecular formula is C10H10ClN3O2. The summed E-state index contributed by atoms with van der Waals surface area (Å²) in [6.45, 7) is 1.49. The third kappa shape index (κ3) is 1.86. The maximum atomic E-state index is 11.0. The number of rotatable bonds is 3. The average Bonchev–Trinajstić information content (AvgIpc) is 2.55. The quantitative estimate of drug-likeness (QED) is 0.815. The minimum Gasteiger partial charge on any atom is -0.480 e. The predicted molar refractivity (Wildman–Crippen MR) is 58.9 cm³/mol. The average molecular weight is 240 g/mol. The number of halogens is 1. The summed E-state index contributed by atoms with van der Waals surface area (Å²) in [4.78, 5) is 15.2. The van der Waals surface area contributed by atoms with Gasteiger partial charge in [0.05, 0.1) is 19.2 Å². The molecule has 0 saturated carbocycles. The largest absolute Gasteiger partial charge is 0.480 e. The van der Waals surface area contributed by atoms with E-state index in [1.165, 1.54) is 18.5 Å². The van der Waals surface area contributed by atoms with Crippen LogP contribution >= 0.6 is 11.6 Å². The first kappa shape index (κ1) is 10.9. The smallest absolute Gasteiger partial charge is 0.231 e. The van der Waals surface area contributed by atoms with E-state index in [9.17, 15) is 4.79 Å². The minimum absolute atomic E-state index is 0.0114. The number of ether oxygens (including phenoxy) is 1. The molecule has 6 heteroatoms. The number of Topliss-reactive ketones (excluding diaryl/α,β-unsaturated/α-hetero) is 1. The van der Waals surface area contributed by atoms with Crippen LogP contribution in [0.1, 0.15) is 12.6 Å². The van der Waals surface area contributed by atoms with E-state index >= 15 is 0 Å². The zero-order valence-corrected chi connectivity index (χ0v) is 9.65. The molecule has 0 spiro atoms. The van der Waals surface area contributed by atoms with E-state index in [0.717, 1.165) is 0 Å². The second-order valence-corrected chi connectivity index (χ2v) is 3.73. The number of hydrogen-bond acceptors (Lipinski definition) is 4. The van der Waals surface area contributed by atoms with Gasteiger partial charge in [0.15, 0.2) is 10.8 Å². The van der Waals surface area contributed by atoms with E-state index in [-0.39, 0.29) is 12.2 Å². The Balaban J connectivity index is 2.54. The summed E-state index contributed by atoms with van der Waals surface area (Å²) in [6.07, 6.45) is 0.213. The molecule has 2 rings (SSSR count). The lowest BCUT2D eigenvalue weighted by atomic mass is 10.2. The number of hydrogen-bond donors (Lipinski definition) is 0. The number of ketones is 1. The number of nitrogens with zero attached hydrogens (tertiary/aromatic N) is 3. The van der Waals surface area contributed by atoms with E-state index in [1.807, 2.05) is 0 Å². The first-order valence-corrected chi connectivity index (χ1v) is 5.07. The summed E-state index contributed by atoms with van der Waals surface area (Å²) in [5.41, 5.74) is 1.14. The Bertz CT molecular complexity index is 550. The standard InChI is InChI=1S/C10H10ClN3O2/c1-6(15)5-7-10(11)14-8(12-7)3-4-9(13-14)16-2/h3-4H,5H2,1-2H3. The van der Waals surface area contributed by atoms with Gasteiger partial charge in [0.1, 0.15) is 5.78 Å². The summed E-state index contributed by atoms with van der Waals surface area (Å²) in [5.74, 6) is 0.457. The molecule has 2 heterocycles. The van der Waals surface area contributed by atoms with Crippen LogP contribution in [0.2, 0.25) is 5.15 Å². The fourth-order valence-corrected chi connectivity index (χ4v) is 1.63. The van der Waals surface area contributed by atoms with Crippen molar-refractivity contribution >= 4 is 23.0 Å². The number of aromatic nitrogens is 3. The highest BCUT2D eigenvalue weighted by atomic mass is 35.5. The van der Waals surface area contributed by atoms with Crippen molar-refractivity contribution in [2.75, 3.05) is 7.11 Å². The van der Waals surface area contributed by atoms with Crippen LogP contribution in [-0.2, 0) is 11.2 Å². The lowest BCUT2D eigenvalue weighted by Crippen LogP contribution is -1.98. The molecule has 0 amide bonds. The summed E-state index contributed by atoms with van der Waals surface area (Å²) >= 11 is 6.06. The highest BCUT2D eigenvalue weighted by Crippen LogP contribution is 2.19.